The Morgan fingerprint density at radius 1 is 0.773 bits per heavy atom. The summed E-state index contributed by atoms with van der Waals surface area (Å²) in [6, 6.07) is 17.4. The van der Waals surface area contributed by atoms with Gasteiger partial charge in [0.05, 0.1) is 5.69 Å². The second-order valence-electron chi connectivity index (χ2n) is 3.12. The van der Waals surface area contributed by atoms with Crippen molar-refractivity contribution in [2.24, 2.45) is 4.99 Å². The van der Waals surface area contributed by atoms with Crippen LogP contribution in [0.5, 0.6) is 0 Å². The molecule has 0 aliphatic heterocycles. The summed E-state index contributed by atoms with van der Waals surface area (Å²) in [5, 5.41) is 0.720. The number of benzene rings is 2. The fourth-order valence-corrected chi connectivity index (χ4v) is 1.42. The van der Waals surface area contributed by atoms with Crippen molar-refractivity contribution in [3.8, 4) is 0 Å². The number of aliphatic imine (C=N–C) groups is 1. The van der Waals surface area contributed by atoms with E-state index >= 15 is 0 Å². The first kappa shape index (κ1) is 25.1. The molecule has 0 aromatic heterocycles. The van der Waals surface area contributed by atoms with E-state index in [0.717, 1.165) is 16.3 Å². The second-order valence-corrected chi connectivity index (χ2v) is 3.52. The molecule has 6 heteroatoms. The van der Waals surface area contributed by atoms with Crippen LogP contribution < -0.4 is 0 Å². The summed E-state index contributed by atoms with van der Waals surface area (Å²) in [6.07, 6.45) is 1.78. The maximum Gasteiger partial charge on any atom is 0 e. The van der Waals surface area contributed by atoms with Crippen LogP contribution in [-0.4, -0.2) is 6.21 Å². The van der Waals surface area contributed by atoms with E-state index in [9.17, 15) is 0 Å². The van der Waals surface area contributed by atoms with Crippen LogP contribution in [0.15, 0.2) is 59.6 Å². The molecule has 0 aliphatic rings. The van der Waals surface area contributed by atoms with Crippen molar-refractivity contribution in [1.82, 2.24) is 0 Å². The Bertz CT molecular complexity index is 581. The van der Waals surface area contributed by atoms with E-state index in [1.807, 2.05) is 54.6 Å². The average Bonchev–Trinajstić information content (AvgIpc) is 2.60. The molecule has 2 aromatic rings. The van der Waals surface area contributed by atoms with E-state index in [1.165, 1.54) is 0 Å². The zero-order valence-electron chi connectivity index (χ0n) is 11.2. The predicted molar refractivity (Wildman–Crippen MR) is 76.9 cm³/mol. The van der Waals surface area contributed by atoms with Gasteiger partial charge < -0.3 is 0 Å². The van der Waals surface area contributed by atoms with Gasteiger partial charge in [0.1, 0.15) is 0 Å². The normalized spacial score (nSPS) is 7.59. The third kappa shape index (κ3) is 10.9. The first-order chi connectivity index (χ1) is 10.4. The van der Waals surface area contributed by atoms with Crippen LogP contribution in [0.3, 0.4) is 0 Å². The van der Waals surface area contributed by atoms with Gasteiger partial charge in [-0.2, -0.15) is 0 Å². The molecule has 0 atom stereocenters. The summed E-state index contributed by atoms with van der Waals surface area (Å²) in [4.78, 5) is 4.33. The van der Waals surface area contributed by atoms with Crippen molar-refractivity contribution >= 4 is 23.5 Å². The van der Waals surface area contributed by atoms with Gasteiger partial charge in [0.25, 0.3) is 0 Å². The third-order valence-corrected chi connectivity index (χ3v) is 2.36. The molecule has 0 saturated heterocycles. The van der Waals surface area contributed by atoms with Gasteiger partial charge in [-0.05, 0) is 18.2 Å². The topological polar surface area (TPSA) is 72.1 Å². The minimum absolute atomic E-state index is 0. The van der Waals surface area contributed by atoms with E-state index in [4.69, 9.17) is 25.6 Å². The minimum Gasteiger partial charge on any atom is 0 e. The molecule has 0 N–H and O–H groups in total. The van der Waals surface area contributed by atoms with Crippen LogP contribution in [0.4, 0.5) is 5.69 Å². The molecule has 2 aromatic carbocycles. The Kier molecular flexibility index (Phi) is 21.9. The van der Waals surface area contributed by atoms with Gasteiger partial charge in [0.2, 0.25) is 0 Å². The van der Waals surface area contributed by atoms with Crippen molar-refractivity contribution < 1.29 is 31.3 Å². The van der Waals surface area contributed by atoms with Crippen LogP contribution in [0, 0.1) is 20.0 Å². The van der Waals surface area contributed by atoms with Gasteiger partial charge >= 0.3 is 33.9 Å². The van der Waals surface area contributed by atoms with Crippen LogP contribution in [0.2, 0.25) is 5.02 Å². The Hall–Kier alpha value is -1.85. The molecular formula is C16H10ClCrNO3. The van der Waals surface area contributed by atoms with Crippen molar-refractivity contribution in [2.75, 3.05) is 0 Å². The summed E-state index contributed by atoms with van der Waals surface area (Å²) in [7, 11) is 0. The third-order valence-electron chi connectivity index (χ3n) is 2.01. The number of para-hydroxylation sites is 1. The van der Waals surface area contributed by atoms with E-state index in [-0.39, 0.29) is 17.4 Å². The van der Waals surface area contributed by atoms with Crippen molar-refractivity contribution in [2.45, 2.75) is 0 Å². The number of nitrogens with zero attached hydrogens (tertiary/aromatic N) is 1. The molecule has 0 radical (unpaired) electrons. The molecule has 22 heavy (non-hydrogen) atoms. The maximum absolute atomic E-state index is 7.50. The first-order valence-corrected chi connectivity index (χ1v) is 5.69. The van der Waals surface area contributed by atoms with Crippen LogP contribution in [-0.2, 0) is 31.3 Å². The van der Waals surface area contributed by atoms with Crippen LogP contribution in [0.1, 0.15) is 5.56 Å². The number of halogens is 1. The zero-order chi connectivity index (χ0) is 16.5. The molecule has 0 saturated carbocycles. The fourth-order valence-electron chi connectivity index (χ4n) is 1.24. The monoisotopic (exact) mass is 351 g/mol. The predicted octanol–water partition coefficient (Wildman–Crippen LogP) is 3.98. The Morgan fingerprint density at radius 3 is 1.73 bits per heavy atom. The Morgan fingerprint density at radius 2 is 1.23 bits per heavy atom. The van der Waals surface area contributed by atoms with Crippen molar-refractivity contribution in [3.05, 3.63) is 85.1 Å². The van der Waals surface area contributed by atoms with Gasteiger partial charge in [-0.1, -0.05) is 48.0 Å². The van der Waals surface area contributed by atoms with Crippen LogP contribution in [0.25, 0.3) is 0 Å². The first-order valence-electron chi connectivity index (χ1n) is 5.31. The van der Waals surface area contributed by atoms with Gasteiger partial charge in [-0.15, -0.1) is 0 Å². The van der Waals surface area contributed by atoms with Gasteiger partial charge in [0, 0.05) is 34.2 Å². The molecule has 0 bridgehead atoms. The molecule has 110 valence electrons. The van der Waals surface area contributed by atoms with E-state index in [1.54, 1.807) is 6.21 Å². The summed E-state index contributed by atoms with van der Waals surface area (Å²) < 4.78 is 22.5. The molecule has 0 fully saturated rings. The largest absolute Gasteiger partial charge is 0 e. The van der Waals surface area contributed by atoms with Crippen LogP contribution >= 0.6 is 11.6 Å². The Balaban J connectivity index is -0.000000463. The van der Waals surface area contributed by atoms with E-state index in [2.05, 4.69) is 24.9 Å². The molecule has 0 amide bonds. The fraction of sp³-hybridized carbons (Fsp3) is 0. The smallest absolute Gasteiger partial charge is 0 e. The standard InChI is InChI=1S/C13H10ClN.3CO.Cr/c14-13-9-5-4-6-11(13)10-15-12-7-2-1-3-8-12;3*1-2;/h1-10H;;;;. The van der Waals surface area contributed by atoms with Gasteiger partial charge in [-0.3, -0.25) is 4.99 Å². The molecule has 0 spiro atoms. The second kappa shape index (κ2) is 19.2. The summed E-state index contributed by atoms with van der Waals surface area (Å²) in [5.41, 5.74) is 1.86. The van der Waals surface area contributed by atoms with E-state index in [0.29, 0.717) is 0 Å². The van der Waals surface area contributed by atoms with E-state index < -0.39 is 0 Å². The molecule has 2 rings (SSSR count). The molecule has 0 heterocycles. The van der Waals surface area contributed by atoms with Crippen molar-refractivity contribution in [3.63, 3.8) is 0 Å². The minimum atomic E-state index is 0. The SMILES string of the molecule is Clc1ccccc1C=Nc1ccccc1.[C-]#[O+].[C-]#[O+].[C-]#[O+].[Cr]. The maximum atomic E-state index is 7.50. The summed E-state index contributed by atoms with van der Waals surface area (Å²) in [5.74, 6) is 0. The number of rotatable bonds is 2. The molecule has 0 unspecified atom stereocenters. The average molecular weight is 352 g/mol. The quantitative estimate of drug-likeness (QED) is 0.446. The number of hydrogen-bond acceptors (Lipinski definition) is 1. The number of hydrogen-bond donors (Lipinski definition) is 0. The summed E-state index contributed by atoms with van der Waals surface area (Å²) >= 11 is 6.00. The zero-order valence-corrected chi connectivity index (χ0v) is 13.3. The molecular weight excluding hydrogens is 342 g/mol. The molecule has 4 nitrogen and oxygen atoms in total. The molecule has 0 aliphatic carbocycles. The van der Waals surface area contributed by atoms with Gasteiger partial charge in [-0.25, -0.2) is 0 Å². The summed E-state index contributed by atoms with van der Waals surface area (Å²) in [6.45, 7) is 13.5. The van der Waals surface area contributed by atoms with Crippen molar-refractivity contribution in [1.29, 1.82) is 0 Å². The van der Waals surface area contributed by atoms with Gasteiger partial charge in [0.15, 0.2) is 0 Å². The Labute approximate surface area is 145 Å².